The zero-order chi connectivity index (χ0) is 11.1. The lowest BCUT2D eigenvalue weighted by Gasteiger charge is -2.28. The van der Waals surface area contributed by atoms with Crippen LogP contribution in [0.15, 0.2) is 0 Å². The van der Waals surface area contributed by atoms with E-state index in [0.29, 0.717) is 4.83 Å². The monoisotopic (exact) mass is 277 g/mol. The summed E-state index contributed by atoms with van der Waals surface area (Å²) < 4.78 is 5.12. The van der Waals surface area contributed by atoms with Crippen molar-refractivity contribution in [2.24, 2.45) is 5.92 Å². The first-order valence-electron chi connectivity index (χ1n) is 6.04. The summed E-state index contributed by atoms with van der Waals surface area (Å²) in [7, 11) is 3.98. The van der Waals surface area contributed by atoms with Crippen molar-refractivity contribution in [1.82, 2.24) is 4.90 Å². The van der Waals surface area contributed by atoms with E-state index in [0.717, 1.165) is 19.1 Å². The second-order valence-corrected chi connectivity index (χ2v) is 6.07. The minimum absolute atomic E-state index is 0.469. The van der Waals surface area contributed by atoms with Crippen LogP contribution in [0.4, 0.5) is 0 Å². The molecule has 1 saturated carbocycles. The second-order valence-electron chi connectivity index (χ2n) is 4.78. The molecule has 1 atom stereocenters. The average molecular weight is 278 g/mol. The molecule has 1 fully saturated rings. The number of nitrogens with zero attached hydrogens (tertiary/aromatic N) is 1. The fraction of sp³-hybridized carbons (Fsp3) is 1.00. The summed E-state index contributed by atoms with van der Waals surface area (Å²) in [4.78, 5) is 2.91. The maximum absolute atomic E-state index is 5.12. The molecular formula is C12H24BrNO. The summed E-state index contributed by atoms with van der Waals surface area (Å²) in [5, 5.41) is 0. The highest BCUT2D eigenvalue weighted by Crippen LogP contribution is 2.24. The Morgan fingerprint density at radius 3 is 2.60 bits per heavy atom. The zero-order valence-corrected chi connectivity index (χ0v) is 11.6. The zero-order valence-electron chi connectivity index (χ0n) is 10.0. The molecule has 2 nitrogen and oxygen atoms in total. The van der Waals surface area contributed by atoms with E-state index in [4.69, 9.17) is 4.74 Å². The molecule has 0 heterocycles. The van der Waals surface area contributed by atoms with Crippen molar-refractivity contribution in [1.29, 1.82) is 0 Å². The molecular weight excluding hydrogens is 254 g/mol. The highest BCUT2D eigenvalue weighted by molar-refractivity contribution is 9.09. The molecule has 1 aliphatic carbocycles. The van der Waals surface area contributed by atoms with Crippen molar-refractivity contribution >= 4 is 15.9 Å². The lowest BCUT2D eigenvalue weighted by Crippen LogP contribution is -2.33. The van der Waals surface area contributed by atoms with Crippen LogP contribution in [0.1, 0.15) is 32.1 Å². The first-order valence-corrected chi connectivity index (χ1v) is 6.95. The fourth-order valence-corrected chi connectivity index (χ4v) is 3.22. The summed E-state index contributed by atoms with van der Waals surface area (Å²) in [6, 6.07) is 0. The lowest BCUT2D eigenvalue weighted by molar-refractivity contribution is 0.175. The molecule has 0 aromatic carbocycles. The van der Waals surface area contributed by atoms with Gasteiger partial charge in [-0.25, -0.2) is 0 Å². The summed E-state index contributed by atoms with van der Waals surface area (Å²) in [5.74, 6) is 0.936. The molecule has 0 spiro atoms. The van der Waals surface area contributed by atoms with Gasteiger partial charge in [0.25, 0.3) is 0 Å². The maximum Gasteiger partial charge on any atom is 0.0600 e. The fourth-order valence-electron chi connectivity index (χ4n) is 2.46. The second kappa shape index (κ2) is 7.64. The molecule has 1 aliphatic rings. The van der Waals surface area contributed by atoms with Gasteiger partial charge in [0.1, 0.15) is 0 Å². The van der Waals surface area contributed by atoms with Crippen LogP contribution in [0.2, 0.25) is 0 Å². The molecule has 0 aromatic heterocycles. The standard InChI is InChI=1S/C12H24BrNO/c1-14(9-12(13)10-15-2)8-11-6-4-3-5-7-11/h11-12H,3-10H2,1-2H3. The van der Waals surface area contributed by atoms with E-state index in [1.165, 1.54) is 38.6 Å². The van der Waals surface area contributed by atoms with Gasteiger partial charge in [0.15, 0.2) is 0 Å². The minimum atomic E-state index is 0.469. The SMILES string of the molecule is COCC(Br)CN(C)CC1CCCCC1. The van der Waals surface area contributed by atoms with E-state index in [2.05, 4.69) is 27.9 Å². The van der Waals surface area contributed by atoms with Gasteiger partial charge >= 0.3 is 0 Å². The molecule has 3 heteroatoms. The first kappa shape index (κ1) is 13.5. The van der Waals surface area contributed by atoms with Gasteiger partial charge < -0.3 is 9.64 Å². The van der Waals surface area contributed by atoms with Crippen LogP contribution >= 0.6 is 15.9 Å². The van der Waals surface area contributed by atoms with Crippen molar-refractivity contribution in [3.05, 3.63) is 0 Å². The maximum atomic E-state index is 5.12. The van der Waals surface area contributed by atoms with Crippen LogP contribution in [-0.2, 0) is 4.74 Å². The summed E-state index contributed by atoms with van der Waals surface area (Å²) in [6.45, 7) is 3.14. The number of alkyl halides is 1. The van der Waals surface area contributed by atoms with E-state index >= 15 is 0 Å². The first-order chi connectivity index (χ1) is 7.22. The third-order valence-corrected chi connectivity index (χ3v) is 3.71. The smallest absolute Gasteiger partial charge is 0.0600 e. The molecule has 90 valence electrons. The van der Waals surface area contributed by atoms with E-state index in [1.54, 1.807) is 7.11 Å². The summed E-state index contributed by atoms with van der Waals surface area (Å²) in [5.41, 5.74) is 0. The van der Waals surface area contributed by atoms with Crippen LogP contribution in [0.3, 0.4) is 0 Å². The quantitative estimate of drug-likeness (QED) is 0.693. The van der Waals surface area contributed by atoms with Gasteiger partial charge in [-0.15, -0.1) is 0 Å². The van der Waals surface area contributed by atoms with Gasteiger partial charge in [0.2, 0.25) is 0 Å². The van der Waals surface area contributed by atoms with Crippen molar-refractivity contribution in [3.8, 4) is 0 Å². The molecule has 1 unspecified atom stereocenters. The Kier molecular flexibility index (Phi) is 6.86. The van der Waals surface area contributed by atoms with Gasteiger partial charge in [-0.3, -0.25) is 0 Å². The number of methoxy groups -OCH3 is 1. The predicted octanol–water partition coefficient (Wildman–Crippen LogP) is 2.91. The Morgan fingerprint density at radius 2 is 2.00 bits per heavy atom. The Bertz CT molecular complexity index is 160. The normalized spacial score (nSPS) is 20.8. The molecule has 0 saturated heterocycles. The Labute approximate surface area is 102 Å². The number of hydrogen-bond acceptors (Lipinski definition) is 2. The van der Waals surface area contributed by atoms with Crippen molar-refractivity contribution < 1.29 is 4.74 Å². The van der Waals surface area contributed by atoms with Gasteiger partial charge in [-0.1, -0.05) is 35.2 Å². The van der Waals surface area contributed by atoms with Crippen LogP contribution in [0.25, 0.3) is 0 Å². The highest BCUT2D eigenvalue weighted by Gasteiger charge is 2.16. The number of halogens is 1. The number of hydrogen-bond donors (Lipinski definition) is 0. The minimum Gasteiger partial charge on any atom is -0.383 e. The Hall–Kier alpha value is 0.400. The number of ether oxygens (including phenoxy) is 1. The van der Waals surface area contributed by atoms with Crippen molar-refractivity contribution in [2.45, 2.75) is 36.9 Å². The highest BCUT2D eigenvalue weighted by atomic mass is 79.9. The molecule has 0 amide bonds. The molecule has 0 radical (unpaired) electrons. The molecule has 15 heavy (non-hydrogen) atoms. The predicted molar refractivity (Wildman–Crippen MR) is 68.7 cm³/mol. The van der Waals surface area contributed by atoms with E-state index in [1.807, 2.05) is 0 Å². The van der Waals surface area contributed by atoms with Crippen LogP contribution in [0.5, 0.6) is 0 Å². The van der Waals surface area contributed by atoms with Crippen LogP contribution in [-0.4, -0.2) is 43.6 Å². The molecule has 0 N–H and O–H groups in total. The van der Waals surface area contributed by atoms with Gasteiger partial charge in [0, 0.05) is 20.2 Å². The average Bonchev–Trinajstić information content (AvgIpc) is 2.19. The molecule has 0 aromatic rings. The summed E-state index contributed by atoms with van der Waals surface area (Å²) >= 11 is 3.64. The van der Waals surface area contributed by atoms with E-state index < -0.39 is 0 Å². The molecule has 0 aliphatic heterocycles. The van der Waals surface area contributed by atoms with E-state index in [9.17, 15) is 0 Å². The largest absolute Gasteiger partial charge is 0.383 e. The number of rotatable bonds is 6. The van der Waals surface area contributed by atoms with Crippen molar-refractivity contribution in [3.63, 3.8) is 0 Å². The third kappa shape index (κ3) is 5.88. The van der Waals surface area contributed by atoms with E-state index in [-0.39, 0.29) is 0 Å². The topological polar surface area (TPSA) is 12.5 Å². The van der Waals surface area contributed by atoms with Crippen LogP contribution < -0.4 is 0 Å². The van der Waals surface area contributed by atoms with Gasteiger partial charge in [0.05, 0.1) is 11.4 Å². The molecule has 0 bridgehead atoms. The lowest BCUT2D eigenvalue weighted by atomic mass is 9.89. The van der Waals surface area contributed by atoms with Gasteiger partial charge in [-0.2, -0.15) is 0 Å². The van der Waals surface area contributed by atoms with Crippen LogP contribution in [0, 0.1) is 5.92 Å². The molecule has 1 rings (SSSR count). The van der Waals surface area contributed by atoms with Crippen molar-refractivity contribution in [2.75, 3.05) is 33.9 Å². The Balaban J connectivity index is 2.13. The third-order valence-electron chi connectivity index (χ3n) is 3.15. The van der Waals surface area contributed by atoms with Gasteiger partial charge in [-0.05, 0) is 25.8 Å². The Morgan fingerprint density at radius 1 is 1.33 bits per heavy atom. The summed E-state index contributed by atoms with van der Waals surface area (Å²) in [6.07, 6.45) is 7.19.